The number of rotatable bonds is 7. The third kappa shape index (κ3) is 5.19. The van der Waals surface area contributed by atoms with Gasteiger partial charge >= 0.3 is 5.97 Å². The summed E-state index contributed by atoms with van der Waals surface area (Å²) >= 11 is 13.4. The molecule has 13 heteroatoms. The summed E-state index contributed by atoms with van der Waals surface area (Å²) in [6.45, 7) is 4.35. The third-order valence-electron chi connectivity index (χ3n) is 6.23. The van der Waals surface area contributed by atoms with Crippen LogP contribution in [0.15, 0.2) is 0 Å². The number of nitrogens with one attached hydrogen (secondary N) is 2. The van der Waals surface area contributed by atoms with E-state index in [9.17, 15) is 19.8 Å². The van der Waals surface area contributed by atoms with Crippen molar-refractivity contribution in [3.63, 3.8) is 0 Å². The van der Waals surface area contributed by atoms with E-state index < -0.39 is 5.97 Å². The maximum absolute atomic E-state index is 12.8. The first-order valence-corrected chi connectivity index (χ1v) is 12.5. The number of aryl methyl sites for hydroxylation is 1. The number of carbonyl (C=O) groups is 2. The number of anilines is 1. The lowest BCUT2D eigenvalue weighted by Crippen LogP contribution is -2.55. The SMILES string of the molecule is COC1CN(c2nc(CN3CCC(O)C3)c(C(=O)O)s2)CCC1NC(=O)c1[nH]c(C)c(Cl)c1Cl. The number of halogens is 2. The molecule has 0 radical (unpaired) electrons. The Labute approximate surface area is 210 Å². The number of thiazole rings is 1. The van der Waals surface area contributed by atoms with Gasteiger partial charge in [0.15, 0.2) is 5.13 Å². The second-order valence-corrected chi connectivity index (χ2v) is 10.3. The molecule has 2 saturated heterocycles. The van der Waals surface area contributed by atoms with Gasteiger partial charge in [-0.1, -0.05) is 34.5 Å². The highest BCUT2D eigenvalue weighted by Gasteiger charge is 2.34. The molecule has 0 bridgehead atoms. The van der Waals surface area contributed by atoms with Gasteiger partial charge in [0.05, 0.1) is 34.0 Å². The zero-order chi connectivity index (χ0) is 24.6. The first kappa shape index (κ1) is 25.2. The van der Waals surface area contributed by atoms with Crippen LogP contribution in [0.1, 0.15) is 44.4 Å². The molecule has 1 amide bonds. The minimum atomic E-state index is -1.01. The van der Waals surface area contributed by atoms with Gasteiger partial charge in [-0.25, -0.2) is 9.78 Å². The van der Waals surface area contributed by atoms with Crippen LogP contribution < -0.4 is 10.2 Å². The van der Waals surface area contributed by atoms with Crippen molar-refractivity contribution in [2.45, 2.75) is 44.6 Å². The second-order valence-electron chi connectivity index (χ2n) is 8.60. The van der Waals surface area contributed by atoms with Gasteiger partial charge in [0, 0.05) is 45.5 Å². The number of aromatic nitrogens is 2. The number of hydrogen-bond acceptors (Lipinski definition) is 8. The Hall–Kier alpha value is -1.89. The van der Waals surface area contributed by atoms with Gasteiger partial charge in [-0.2, -0.15) is 0 Å². The molecule has 3 unspecified atom stereocenters. The first-order chi connectivity index (χ1) is 16.2. The van der Waals surface area contributed by atoms with Crippen LogP contribution in [-0.2, 0) is 11.3 Å². The molecule has 2 fully saturated rings. The van der Waals surface area contributed by atoms with Crippen LogP contribution in [0.3, 0.4) is 0 Å². The van der Waals surface area contributed by atoms with E-state index in [4.69, 9.17) is 27.9 Å². The number of aliphatic hydroxyl groups is 1. The molecule has 0 aromatic carbocycles. The number of aromatic carboxylic acids is 1. The van der Waals surface area contributed by atoms with Crippen LogP contribution in [0, 0.1) is 6.92 Å². The third-order valence-corrected chi connectivity index (χ3v) is 8.32. The van der Waals surface area contributed by atoms with Crippen LogP contribution >= 0.6 is 34.5 Å². The molecule has 2 aliphatic heterocycles. The molecule has 4 heterocycles. The molecule has 4 rings (SSSR count). The summed E-state index contributed by atoms with van der Waals surface area (Å²) in [6.07, 6.45) is 0.527. The summed E-state index contributed by atoms with van der Waals surface area (Å²) in [7, 11) is 1.57. The molecule has 0 saturated carbocycles. The van der Waals surface area contributed by atoms with E-state index in [0.717, 1.165) is 11.3 Å². The molecule has 2 aromatic rings. The molecule has 34 heavy (non-hydrogen) atoms. The summed E-state index contributed by atoms with van der Waals surface area (Å²) < 4.78 is 5.65. The Kier molecular flexibility index (Phi) is 7.70. The maximum atomic E-state index is 12.8. The number of carbonyl (C=O) groups excluding carboxylic acids is 1. The molecule has 2 aliphatic rings. The number of ether oxygens (including phenoxy) is 1. The van der Waals surface area contributed by atoms with Crippen LogP contribution in [0.2, 0.25) is 10.0 Å². The predicted octanol–water partition coefficient (Wildman–Crippen LogP) is 2.37. The molecule has 2 aromatic heterocycles. The average molecular weight is 532 g/mol. The highest BCUT2D eigenvalue weighted by atomic mass is 35.5. The van der Waals surface area contributed by atoms with Crippen molar-refractivity contribution >= 4 is 51.5 Å². The van der Waals surface area contributed by atoms with Crippen molar-refractivity contribution in [1.82, 2.24) is 20.2 Å². The number of aliphatic hydroxyl groups excluding tert-OH is 1. The number of H-pyrrole nitrogens is 1. The number of amides is 1. The van der Waals surface area contributed by atoms with Crippen LogP contribution in [-0.4, -0.2) is 88.5 Å². The fourth-order valence-corrected chi connectivity index (χ4v) is 5.74. The Balaban J connectivity index is 1.45. The molecule has 3 atom stereocenters. The predicted molar refractivity (Wildman–Crippen MR) is 129 cm³/mol. The van der Waals surface area contributed by atoms with Gasteiger partial charge in [-0.15, -0.1) is 0 Å². The van der Waals surface area contributed by atoms with Crippen LogP contribution in [0.4, 0.5) is 5.13 Å². The van der Waals surface area contributed by atoms with Crippen molar-refractivity contribution < 1.29 is 24.5 Å². The summed E-state index contributed by atoms with van der Waals surface area (Å²) in [5, 5.41) is 23.5. The summed E-state index contributed by atoms with van der Waals surface area (Å²) in [4.78, 5) is 36.3. The largest absolute Gasteiger partial charge is 0.477 e. The zero-order valence-electron chi connectivity index (χ0n) is 18.8. The molecule has 186 valence electrons. The number of β-amino-alcohol motifs (C(OH)–C–C–N with tert-alkyl or cyclic N) is 1. The lowest BCUT2D eigenvalue weighted by atomic mass is 10.0. The van der Waals surface area contributed by atoms with E-state index in [1.54, 1.807) is 14.0 Å². The van der Waals surface area contributed by atoms with Gasteiger partial charge in [-0.3, -0.25) is 9.69 Å². The number of carboxylic acid groups (broad SMARTS) is 1. The number of methoxy groups -OCH3 is 1. The molecule has 10 nitrogen and oxygen atoms in total. The van der Waals surface area contributed by atoms with Crippen molar-refractivity contribution in [3.05, 3.63) is 32.0 Å². The van der Waals surface area contributed by atoms with E-state index in [1.807, 2.05) is 9.80 Å². The minimum absolute atomic E-state index is 0.185. The van der Waals surface area contributed by atoms with Gasteiger partial charge in [0.2, 0.25) is 0 Å². The van der Waals surface area contributed by atoms with Crippen LogP contribution in [0.5, 0.6) is 0 Å². The monoisotopic (exact) mass is 531 g/mol. The highest BCUT2D eigenvalue weighted by Crippen LogP contribution is 2.32. The number of hydrogen-bond donors (Lipinski definition) is 4. The Bertz CT molecular complexity index is 1080. The van der Waals surface area contributed by atoms with Crippen molar-refractivity contribution in [2.75, 3.05) is 38.2 Å². The lowest BCUT2D eigenvalue weighted by Gasteiger charge is -2.37. The zero-order valence-corrected chi connectivity index (χ0v) is 21.1. The Morgan fingerprint density at radius 3 is 2.62 bits per heavy atom. The van der Waals surface area contributed by atoms with Crippen LogP contribution in [0.25, 0.3) is 0 Å². The summed E-state index contributed by atoms with van der Waals surface area (Å²) in [5.74, 6) is -1.38. The number of piperidine rings is 1. The Morgan fingerprint density at radius 2 is 2.03 bits per heavy atom. The van der Waals surface area contributed by atoms with Gasteiger partial charge < -0.3 is 30.2 Å². The molecule has 0 aliphatic carbocycles. The quantitative estimate of drug-likeness (QED) is 0.428. The number of aromatic amines is 1. The van der Waals surface area contributed by atoms with E-state index in [-0.39, 0.29) is 39.8 Å². The number of likely N-dealkylation sites (tertiary alicyclic amines) is 1. The van der Waals surface area contributed by atoms with E-state index in [2.05, 4.69) is 15.3 Å². The summed E-state index contributed by atoms with van der Waals surface area (Å²) in [5.41, 5.74) is 1.33. The lowest BCUT2D eigenvalue weighted by molar-refractivity contribution is 0.0540. The fraction of sp³-hybridized carbons (Fsp3) is 0.571. The summed E-state index contributed by atoms with van der Waals surface area (Å²) in [6, 6.07) is -0.267. The van der Waals surface area contributed by atoms with Crippen molar-refractivity contribution in [3.8, 4) is 0 Å². The first-order valence-electron chi connectivity index (χ1n) is 10.9. The number of nitrogens with zero attached hydrogens (tertiary/aromatic N) is 3. The van der Waals surface area contributed by atoms with Crippen molar-refractivity contribution in [1.29, 1.82) is 0 Å². The highest BCUT2D eigenvalue weighted by molar-refractivity contribution is 7.17. The molecule has 0 spiro atoms. The number of carboxylic acids is 1. The van der Waals surface area contributed by atoms with Crippen molar-refractivity contribution in [2.24, 2.45) is 0 Å². The normalized spacial score (nSPS) is 23.4. The fourth-order valence-electron chi connectivity index (χ4n) is 4.38. The molecular weight excluding hydrogens is 505 g/mol. The second kappa shape index (κ2) is 10.4. The van der Waals surface area contributed by atoms with Gasteiger partial charge in [0.25, 0.3) is 5.91 Å². The molecule has 4 N–H and O–H groups in total. The Morgan fingerprint density at radius 1 is 1.26 bits per heavy atom. The van der Waals surface area contributed by atoms with Gasteiger partial charge in [0.1, 0.15) is 10.6 Å². The van der Waals surface area contributed by atoms with E-state index >= 15 is 0 Å². The smallest absolute Gasteiger partial charge is 0.347 e. The molecular formula is C21H27Cl2N5O5S. The van der Waals surface area contributed by atoms with E-state index in [0.29, 0.717) is 67.1 Å². The minimum Gasteiger partial charge on any atom is -0.477 e. The average Bonchev–Trinajstić information content (AvgIpc) is 3.48. The maximum Gasteiger partial charge on any atom is 0.347 e. The topological polar surface area (TPSA) is 131 Å². The van der Waals surface area contributed by atoms with E-state index in [1.165, 1.54) is 0 Å². The standard InChI is InChI=1S/C21H27Cl2N5O5S/c1-10-15(22)16(23)17(24-10)19(30)25-12-4-6-28(9-14(12)33-2)21-26-13(18(34-21)20(31)32)8-27-5-3-11(29)7-27/h11-12,14,24,29H,3-9H2,1-2H3,(H,25,30)(H,31,32). The van der Waals surface area contributed by atoms with Gasteiger partial charge in [-0.05, 0) is 19.8 Å².